The smallest absolute Gasteiger partial charge is 0.180 e. The van der Waals surface area contributed by atoms with E-state index in [-0.39, 0.29) is 10.8 Å². The first kappa shape index (κ1) is 13.8. The fourth-order valence-electron chi connectivity index (χ4n) is 2.50. The highest BCUT2D eigenvalue weighted by Crippen LogP contribution is 2.53. The lowest BCUT2D eigenvalue weighted by Crippen LogP contribution is -2.54. The fourth-order valence-corrected chi connectivity index (χ4v) is 4.71. The van der Waals surface area contributed by atoms with Crippen molar-refractivity contribution in [2.45, 2.75) is 44.2 Å². The van der Waals surface area contributed by atoms with E-state index in [4.69, 9.17) is 12.2 Å². The highest BCUT2D eigenvalue weighted by atomic mass is 32.2. The maximum absolute atomic E-state index is 11.3. The second-order valence-electron chi connectivity index (χ2n) is 5.38. The average molecular weight is 281 g/mol. The molecule has 0 saturated carbocycles. The molecule has 0 amide bonds. The van der Waals surface area contributed by atoms with E-state index in [2.05, 4.69) is 13.8 Å². The minimum absolute atomic E-state index is 0.164. The van der Waals surface area contributed by atoms with Crippen molar-refractivity contribution in [3.8, 4) is 0 Å². The summed E-state index contributed by atoms with van der Waals surface area (Å²) >= 11 is 7.01. The van der Waals surface area contributed by atoms with Crippen LogP contribution < -0.4 is 0 Å². The average Bonchev–Trinajstić information content (AvgIpc) is 2.46. The van der Waals surface area contributed by atoms with Crippen LogP contribution in [0.5, 0.6) is 0 Å². The van der Waals surface area contributed by atoms with Gasteiger partial charge in [0.05, 0.1) is 4.75 Å². The first-order valence-electron chi connectivity index (χ1n) is 6.11. The Morgan fingerprint density at radius 2 is 1.78 bits per heavy atom. The predicted octanol–water partition coefficient (Wildman–Crippen LogP) is 3.35. The Kier molecular flexibility index (Phi) is 3.47. The van der Waals surface area contributed by atoms with Crippen LogP contribution in [0, 0.1) is 0 Å². The van der Waals surface area contributed by atoms with Crippen molar-refractivity contribution in [2.24, 2.45) is 0 Å². The van der Waals surface area contributed by atoms with Gasteiger partial charge in [-0.05, 0) is 27.7 Å². The zero-order valence-corrected chi connectivity index (χ0v) is 12.8. The normalized spacial score (nSPS) is 27.0. The molecule has 98 valence electrons. The molecular weight excluding hydrogens is 262 g/mol. The first-order chi connectivity index (χ1) is 8.30. The van der Waals surface area contributed by atoms with Gasteiger partial charge in [0.1, 0.15) is 4.32 Å². The predicted molar refractivity (Wildman–Crippen MR) is 81.6 cm³/mol. The summed E-state index contributed by atoms with van der Waals surface area (Å²) < 4.78 is 0.400. The highest BCUT2D eigenvalue weighted by molar-refractivity contribution is 8.24. The molecule has 1 heterocycles. The van der Waals surface area contributed by atoms with Gasteiger partial charge in [0, 0.05) is 11.6 Å². The van der Waals surface area contributed by atoms with Gasteiger partial charge in [-0.2, -0.15) is 0 Å². The molecular formula is C14H19NOS2. The quantitative estimate of drug-likeness (QED) is 0.840. The number of benzene rings is 1. The van der Waals surface area contributed by atoms with Crippen LogP contribution in [0.15, 0.2) is 30.3 Å². The van der Waals surface area contributed by atoms with E-state index in [0.717, 1.165) is 9.88 Å². The standard InChI is InChI=1S/C14H19NOS2/c1-10(2)15-12(17)18-13(3,4)14(15,16)11-8-6-5-7-9-11/h5-10,16H,1-4H3. The lowest BCUT2D eigenvalue weighted by molar-refractivity contribution is -0.103. The van der Waals surface area contributed by atoms with E-state index in [1.807, 2.05) is 49.1 Å². The maximum Gasteiger partial charge on any atom is 0.180 e. The summed E-state index contributed by atoms with van der Waals surface area (Å²) in [6, 6.07) is 9.95. The summed E-state index contributed by atoms with van der Waals surface area (Å²) in [6.45, 7) is 8.20. The zero-order chi connectivity index (χ0) is 13.6. The van der Waals surface area contributed by atoms with E-state index >= 15 is 0 Å². The minimum atomic E-state index is -1.05. The first-order valence-corrected chi connectivity index (χ1v) is 7.33. The van der Waals surface area contributed by atoms with E-state index in [1.165, 1.54) is 0 Å². The summed E-state index contributed by atoms with van der Waals surface area (Å²) in [5.41, 5.74) is -0.152. The minimum Gasteiger partial charge on any atom is -0.366 e. The SMILES string of the molecule is CC(C)N1C(=S)SC(C)(C)C1(O)c1ccccc1. The summed E-state index contributed by atoms with van der Waals surface area (Å²) in [5, 5.41) is 11.3. The molecule has 0 radical (unpaired) electrons. The van der Waals surface area contributed by atoms with Gasteiger partial charge in [-0.3, -0.25) is 0 Å². The maximum atomic E-state index is 11.3. The van der Waals surface area contributed by atoms with Crippen molar-refractivity contribution < 1.29 is 5.11 Å². The summed E-state index contributed by atoms with van der Waals surface area (Å²) in [6.07, 6.45) is 0. The van der Waals surface area contributed by atoms with Gasteiger partial charge in [-0.25, -0.2) is 0 Å². The summed E-state index contributed by atoms with van der Waals surface area (Å²) in [7, 11) is 0. The Morgan fingerprint density at radius 1 is 1.22 bits per heavy atom. The van der Waals surface area contributed by atoms with Gasteiger partial charge in [0.2, 0.25) is 0 Å². The van der Waals surface area contributed by atoms with Crippen molar-refractivity contribution in [3.05, 3.63) is 35.9 Å². The van der Waals surface area contributed by atoms with Gasteiger partial charge in [0.15, 0.2) is 5.72 Å². The summed E-state index contributed by atoms with van der Waals surface area (Å²) in [5.74, 6) is 0. The zero-order valence-electron chi connectivity index (χ0n) is 11.2. The topological polar surface area (TPSA) is 23.5 Å². The molecule has 1 aromatic carbocycles. The molecule has 2 nitrogen and oxygen atoms in total. The largest absolute Gasteiger partial charge is 0.366 e. The Bertz CT molecular complexity index is 458. The molecule has 0 aromatic heterocycles. The number of thioether (sulfide) groups is 1. The lowest BCUT2D eigenvalue weighted by atomic mass is 9.88. The van der Waals surface area contributed by atoms with Crippen LogP contribution >= 0.6 is 24.0 Å². The van der Waals surface area contributed by atoms with Crippen LogP contribution in [0.25, 0.3) is 0 Å². The molecule has 2 rings (SSSR count). The van der Waals surface area contributed by atoms with Crippen LogP contribution in [-0.4, -0.2) is 25.1 Å². The van der Waals surface area contributed by atoms with E-state index in [0.29, 0.717) is 0 Å². The summed E-state index contributed by atoms with van der Waals surface area (Å²) in [4.78, 5) is 1.95. The third-order valence-electron chi connectivity index (χ3n) is 3.42. The number of hydrogen-bond donors (Lipinski definition) is 1. The van der Waals surface area contributed by atoms with Crippen molar-refractivity contribution in [1.29, 1.82) is 0 Å². The van der Waals surface area contributed by atoms with Crippen LogP contribution in [-0.2, 0) is 5.72 Å². The molecule has 1 N–H and O–H groups in total. The number of rotatable bonds is 2. The Balaban J connectivity index is 2.59. The van der Waals surface area contributed by atoms with Gasteiger partial charge in [-0.15, -0.1) is 0 Å². The Hall–Kier alpha value is -0.580. The molecule has 1 unspecified atom stereocenters. The molecule has 0 spiro atoms. The lowest BCUT2D eigenvalue weighted by Gasteiger charge is -2.43. The molecule has 1 aliphatic heterocycles. The van der Waals surface area contributed by atoms with Crippen molar-refractivity contribution in [2.75, 3.05) is 0 Å². The van der Waals surface area contributed by atoms with Crippen molar-refractivity contribution in [1.82, 2.24) is 4.90 Å². The van der Waals surface area contributed by atoms with Crippen molar-refractivity contribution in [3.63, 3.8) is 0 Å². The van der Waals surface area contributed by atoms with Gasteiger partial charge >= 0.3 is 0 Å². The monoisotopic (exact) mass is 281 g/mol. The third-order valence-corrected chi connectivity index (χ3v) is 5.03. The van der Waals surface area contributed by atoms with Gasteiger partial charge in [0.25, 0.3) is 0 Å². The fraction of sp³-hybridized carbons (Fsp3) is 0.500. The van der Waals surface area contributed by atoms with Gasteiger partial charge in [-0.1, -0.05) is 54.3 Å². The molecule has 1 saturated heterocycles. The highest BCUT2D eigenvalue weighted by Gasteiger charge is 2.58. The van der Waals surface area contributed by atoms with Gasteiger partial charge < -0.3 is 10.0 Å². The molecule has 1 aromatic rings. The van der Waals surface area contributed by atoms with Crippen LogP contribution in [0.4, 0.5) is 0 Å². The second-order valence-corrected chi connectivity index (χ2v) is 7.64. The van der Waals surface area contributed by atoms with Crippen molar-refractivity contribution >= 4 is 28.3 Å². The number of aliphatic hydroxyl groups is 1. The Labute approximate surface area is 118 Å². The van der Waals surface area contributed by atoms with E-state index in [1.54, 1.807) is 11.8 Å². The number of hydrogen-bond acceptors (Lipinski definition) is 3. The molecule has 1 aliphatic rings. The Morgan fingerprint density at radius 3 is 2.28 bits per heavy atom. The molecule has 18 heavy (non-hydrogen) atoms. The number of thiocarbonyl (C=S) groups is 1. The van der Waals surface area contributed by atoms with Crippen LogP contribution in [0.2, 0.25) is 0 Å². The van der Waals surface area contributed by atoms with Crippen LogP contribution in [0.1, 0.15) is 33.3 Å². The molecule has 1 atom stereocenters. The second kappa shape index (κ2) is 4.51. The molecule has 0 bridgehead atoms. The molecule has 1 fully saturated rings. The third kappa shape index (κ3) is 1.87. The van der Waals surface area contributed by atoms with E-state index in [9.17, 15) is 5.11 Å². The van der Waals surface area contributed by atoms with Crippen LogP contribution in [0.3, 0.4) is 0 Å². The van der Waals surface area contributed by atoms with E-state index < -0.39 is 5.72 Å². The molecule has 4 heteroatoms. The number of nitrogens with zero attached hydrogens (tertiary/aromatic N) is 1. The molecule has 0 aliphatic carbocycles.